The van der Waals surface area contributed by atoms with Gasteiger partial charge in [0.1, 0.15) is 5.75 Å². The van der Waals surface area contributed by atoms with Gasteiger partial charge in [-0.25, -0.2) is 0 Å². The molecule has 2 aliphatic rings. The number of amides is 1. The van der Waals surface area contributed by atoms with Crippen LogP contribution < -0.4 is 10.1 Å². The number of carbonyl (C=O) groups is 1. The summed E-state index contributed by atoms with van der Waals surface area (Å²) < 4.78 is 5.41. The summed E-state index contributed by atoms with van der Waals surface area (Å²) >= 11 is 0. The zero-order valence-electron chi connectivity index (χ0n) is 12.5. The van der Waals surface area contributed by atoms with Crippen molar-refractivity contribution in [3.63, 3.8) is 0 Å². The molecule has 0 radical (unpaired) electrons. The minimum Gasteiger partial charge on any atom is -0.494 e. The first-order chi connectivity index (χ1) is 10.3. The SMILES string of the molecule is CCOc1ccc(NC(=O)[C@@H]2[C@H]3C=CCCCC[C@H]32)cc1. The van der Waals surface area contributed by atoms with Gasteiger partial charge in [-0.15, -0.1) is 0 Å². The minimum absolute atomic E-state index is 0.167. The maximum absolute atomic E-state index is 12.4. The number of rotatable bonds is 4. The molecule has 0 unspecified atom stereocenters. The van der Waals surface area contributed by atoms with Crippen molar-refractivity contribution in [2.45, 2.75) is 32.6 Å². The first-order valence-electron chi connectivity index (χ1n) is 8.00. The van der Waals surface area contributed by atoms with E-state index in [1.165, 1.54) is 19.3 Å². The molecular weight excluding hydrogens is 262 g/mol. The zero-order valence-corrected chi connectivity index (χ0v) is 12.5. The number of hydrogen-bond acceptors (Lipinski definition) is 2. The van der Waals surface area contributed by atoms with E-state index < -0.39 is 0 Å². The van der Waals surface area contributed by atoms with Crippen molar-refractivity contribution in [2.75, 3.05) is 11.9 Å². The van der Waals surface area contributed by atoms with Crippen LogP contribution in [0.5, 0.6) is 5.75 Å². The van der Waals surface area contributed by atoms with E-state index in [-0.39, 0.29) is 11.8 Å². The molecule has 0 bridgehead atoms. The van der Waals surface area contributed by atoms with Gasteiger partial charge < -0.3 is 10.1 Å². The van der Waals surface area contributed by atoms with Gasteiger partial charge in [-0.3, -0.25) is 4.79 Å². The Labute approximate surface area is 126 Å². The standard InChI is InChI=1S/C18H23NO2/c1-2-21-14-11-9-13(10-12-14)19-18(20)17-15-7-5-3-4-6-8-16(15)17/h5,7,9-12,15-17H,2-4,6,8H2,1H3,(H,19,20)/t15-,16+,17+/m0/s1. The smallest absolute Gasteiger partial charge is 0.228 e. The highest BCUT2D eigenvalue weighted by Crippen LogP contribution is 2.51. The minimum atomic E-state index is 0.167. The fourth-order valence-electron chi connectivity index (χ4n) is 3.33. The highest BCUT2D eigenvalue weighted by Gasteiger charge is 2.52. The number of anilines is 1. The molecule has 1 aromatic rings. The van der Waals surface area contributed by atoms with E-state index in [0.717, 1.165) is 17.9 Å². The number of allylic oxidation sites excluding steroid dienone is 2. The molecule has 1 fully saturated rings. The van der Waals surface area contributed by atoms with E-state index in [2.05, 4.69) is 17.5 Å². The monoisotopic (exact) mass is 285 g/mol. The molecule has 3 heteroatoms. The van der Waals surface area contributed by atoms with Crippen LogP contribution >= 0.6 is 0 Å². The Morgan fingerprint density at radius 2 is 2.10 bits per heavy atom. The number of fused-ring (bicyclic) bond motifs is 1. The molecule has 1 saturated carbocycles. The highest BCUT2D eigenvalue weighted by molar-refractivity contribution is 5.95. The van der Waals surface area contributed by atoms with E-state index in [9.17, 15) is 4.79 Å². The predicted molar refractivity (Wildman–Crippen MR) is 84.3 cm³/mol. The number of ether oxygens (including phenoxy) is 1. The van der Waals surface area contributed by atoms with Gasteiger partial charge >= 0.3 is 0 Å². The summed E-state index contributed by atoms with van der Waals surface area (Å²) in [6, 6.07) is 7.61. The van der Waals surface area contributed by atoms with Crippen LogP contribution in [0.25, 0.3) is 0 Å². The Bertz CT molecular complexity index is 521. The second kappa shape index (κ2) is 6.33. The summed E-state index contributed by atoms with van der Waals surface area (Å²) in [5.74, 6) is 2.20. The van der Waals surface area contributed by atoms with Gasteiger partial charge in [-0.2, -0.15) is 0 Å². The third kappa shape index (κ3) is 3.29. The van der Waals surface area contributed by atoms with Gasteiger partial charge in [-0.1, -0.05) is 18.6 Å². The summed E-state index contributed by atoms with van der Waals surface area (Å²) in [4.78, 5) is 12.4. The van der Waals surface area contributed by atoms with Gasteiger partial charge in [0.05, 0.1) is 6.61 Å². The van der Waals surface area contributed by atoms with E-state index in [0.29, 0.717) is 18.4 Å². The average molecular weight is 285 g/mol. The summed E-state index contributed by atoms with van der Waals surface area (Å²) in [7, 11) is 0. The topological polar surface area (TPSA) is 38.3 Å². The van der Waals surface area contributed by atoms with Crippen molar-refractivity contribution >= 4 is 11.6 Å². The van der Waals surface area contributed by atoms with Crippen LogP contribution in [0.4, 0.5) is 5.69 Å². The lowest BCUT2D eigenvalue weighted by Crippen LogP contribution is -2.15. The van der Waals surface area contributed by atoms with Crippen LogP contribution in [-0.2, 0) is 4.79 Å². The Balaban J connectivity index is 1.59. The fraction of sp³-hybridized carbons (Fsp3) is 0.500. The summed E-state index contributed by atoms with van der Waals surface area (Å²) in [5.41, 5.74) is 0.853. The van der Waals surface area contributed by atoms with Crippen LogP contribution in [0.1, 0.15) is 32.6 Å². The third-order valence-electron chi connectivity index (χ3n) is 4.48. The lowest BCUT2D eigenvalue weighted by molar-refractivity contribution is -0.117. The largest absolute Gasteiger partial charge is 0.494 e. The first kappa shape index (κ1) is 14.2. The second-order valence-electron chi connectivity index (χ2n) is 5.93. The number of benzene rings is 1. The normalized spacial score (nSPS) is 27.2. The van der Waals surface area contributed by atoms with Crippen LogP contribution in [0.15, 0.2) is 36.4 Å². The van der Waals surface area contributed by atoms with E-state index in [4.69, 9.17) is 4.74 Å². The first-order valence-corrected chi connectivity index (χ1v) is 8.00. The second-order valence-corrected chi connectivity index (χ2v) is 5.93. The van der Waals surface area contributed by atoms with E-state index in [1.807, 2.05) is 31.2 Å². The molecular formula is C18H23NO2. The quantitative estimate of drug-likeness (QED) is 0.849. The molecule has 0 spiro atoms. The molecule has 1 N–H and O–H groups in total. The summed E-state index contributed by atoms with van der Waals surface area (Å²) in [6.45, 7) is 2.62. The van der Waals surface area contributed by atoms with Crippen molar-refractivity contribution in [3.05, 3.63) is 36.4 Å². The van der Waals surface area contributed by atoms with Crippen LogP contribution in [0.3, 0.4) is 0 Å². The molecule has 21 heavy (non-hydrogen) atoms. The van der Waals surface area contributed by atoms with Gasteiger partial charge in [0, 0.05) is 11.6 Å². The third-order valence-corrected chi connectivity index (χ3v) is 4.48. The van der Waals surface area contributed by atoms with Crippen LogP contribution in [-0.4, -0.2) is 12.5 Å². The Morgan fingerprint density at radius 3 is 2.86 bits per heavy atom. The highest BCUT2D eigenvalue weighted by atomic mass is 16.5. The number of hydrogen-bond donors (Lipinski definition) is 1. The molecule has 1 amide bonds. The number of carbonyl (C=O) groups excluding carboxylic acids is 1. The van der Waals surface area contributed by atoms with Crippen molar-refractivity contribution < 1.29 is 9.53 Å². The summed E-state index contributed by atoms with van der Waals surface area (Å²) in [6.07, 6.45) is 9.37. The summed E-state index contributed by atoms with van der Waals surface area (Å²) in [5, 5.41) is 3.04. The molecule has 3 atom stereocenters. The Kier molecular flexibility index (Phi) is 4.28. The van der Waals surface area contributed by atoms with Crippen molar-refractivity contribution in [1.82, 2.24) is 0 Å². The molecule has 0 saturated heterocycles. The fourth-order valence-corrected chi connectivity index (χ4v) is 3.33. The molecule has 3 nitrogen and oxygen atoms in total. The predicted octanol–water partition coefficient (Wildman–Crippen LogP) is 4.02. The van der Waals surface area contributed by atoms with Gasteiger partial charge in [0.2, 0.25) is 5.91 Å². The van der Waals surface area contributed by atoms with Crippen molar-refractivity contribution in [3.8, 4) is 5.75 Å². The maximum Gasteiger partial charge on any atom is 0.228 e. The Morgan fingerprint density at radius 1 is 1.29 bits per heavy atom. The molecule has 112 valence electrons. The van der Waals surface area contributed by atoms with E-state index >= 15 is 0 Å². The average Bonchev–Trinajstić information content (AvgIpc) is 3.12. The van der Waals surface area contributed by atoms with Crippen molar-refractivity contribution in [2.24, 2.45) is 17.8 Å². The zero-order chi connectivity index (χ0) is 14.7. The molecule has 1 aromatic carbocycles. The van der Waals surface area contributed by atoms with Crippen molar-refractivity contribution in [1.29, 1.82) is 0 Å². The molecule has 3 rings (SSSR count). The lowest BCUT2D eigenvalue weighted by atomic mass is 10.1. The van der Waals surface area contributed by atoms with Gasteiger partial charge in [0.25, 0.3) is 0 Å². The van der Waals surface area contributed by atoms with Gasteiger partial charge in [-0.05, 0) is 62.3 Å². The van der Waals surface area contributed by atoms with Crippen LogP contribution in [0, 0.1) is 17.8 Å². The maximum atomic E-state index is 12.4. The van der Waals surface area contributed by atoms with Gasteiger partial charge in [0.15, 0.2) is 0 Å². The Hall–Kier alpha value is -1.77. The molecule has 0 aromatic heterocycles. The lowest BCUT2D eigenvalue weighted by Gasteiger charge is -2.07. The van der Waals surface area contributed by atoms with E-state index in [1.54, 1.807) is 0 Å². The molecule has 0 heterocycles. The molecule has 0 aliphatic heterocycles. The molecule has 2 aliphatic carbocycles. The number of nitrogens with one attached hydrogen (secondary N) is 1. The van der Waals surface area contributed by atoms with Crippen LogP contribution in [0.2, 0.25) is 0 Å².